The molecule has 0 aromatic carbocycles. The number of likely N-dealkylation sites (N-methyl/N-ethyl adjacent to an activating group) is 1. The molecule has 0 saturated carbocycles. The lowest BCUT2D eigenvalue weighted by Gasteiger charge is -2.25. The van der Waals surface area contributed by atoms with E-state index in [1.54, 1.807) is 6.08 Å². The first kappa shape index (κ1) is 81.2. The first-order chi connectivity index (χ1) is 41.0. The molecule has 0 radical (unpaired) electrons. The Morgan fingerprint density at radius 3 is 1.10 bits per heavy atom. The lowest BCUT2D eigenvalue weighted by molar-refractivity contribution is -0.870. The molecule has 0 aliphatic rings. The number of phosphoric acid groups is 1. The van der Waals surface area contributed by atoms with Crippen LogP contribution in [0.5, 0.6) is 0 Å². The van der Waals surface area contributed by atoms with Crippen molar-refractivity contribution in [2.75, 3.05) is 40.9 Å². The predicted octanol–water partition coefficient (Wildman–Crippen LogP) is 22.7. The van der Waals surface area contributed by atoms with E-state index in [2.05, 4.69) is 116 Å². The third kappa shape index (κ3) is 66.7. The Labute approximate surface area is 521 Å². The van der Waals surface area contributed by atoms with Crippen molar-refractivity contribution >= 4 is 13.7 Å². The summed E-state index contributed by atoms with van der Waals surface area (Å²) in [6.07, 6.45) is 95.3. The van der Waals surface area contributed by atoms with Crippen molar-refractivity contribution in [3.8, 4) is 0 Å². The summed E-state index contributed by atoms with van der Waals surface area (Å²) in [5, 5.41) is 14.0. The third-order valence-corrected chi connectivity index (χ3v) is 16.4. The smallest absolute Gasteiger partial charge is 0.387 e. The Bertz CT molecular complexity index is 1740. The van der Waals surface area contributed by atoms with Gasteiger partial charge in [0.25, 0.3) is 0 Å². The number of rotatable bonds is 64. The number of carbonyl (C=O) groups excluding carboxylic acids is 1. The second-order valence-corrected chi connectivity index (χ2v) is 26.3. The average Bonchev–Trinajstić information content (AvgIpc) is 3.56. The highest BCUT2D eigenvalue weighted by Gasteiger charge is 2.28. The van der Waals surface area contributed by atoms with E-state index in [-0.39, 0.29) is 19.1 Å². The molecule has 3 unspecified atom stereocenters. The Balaban J connectivity index is 4.01. The van der Waals surface area contributed by atoms with Crippen molar-refractivity contribution in [1.29, 1.82) is 0 Å². The van der Waals surface area contributed by atoms with Crippen LogP contribution in [-0.4, -0.2) is 73.4 Å². The van der Waals surface area contributed by atoms with Gasteiger partial charge in [0, 0.05) is 6.42 Å². The first-order valence-corrected chi connectivity index (χ1v) is 36.8. The van der Waals surface area contributed by atoms with Gasteiger partial charge < -0.3 is 19.8 Å². The second-order valence-electron chi connectivity index (χ2n) is 24.9. The number of aliphatic hydroxyl groups is 1. The van der Waals surface area contributed by atoms with Crippen LogP contribution in [0, 0.1) is 0 Å². The molecule has 0 spiro atoms. The number of hydrogen-bond acceptors (Lipinski definition) is 5. The number of amides is 1. The van der Waals surface area contributed by atoms with E-state index in [4.69, 9.17) is 9.05 Å². The zero-order valence-electron chi connectivity index (χ0n) is 55.6. The number of carbonyl (C=O) groups is 1. The van der Waals surface area contributed by atoms with Crippen molar-refractivity contribution in [2.45, 2.75) is 321 Å². The summed E-state index contributed by atoms with van der Waals surface area (Å²) in [7, 11) is 1.55. The topological polar surface area (TPSA) is 105 Å². The first-order valence-electron chi connectivity index (χ1n) is 35.3. The summed E-state index contributed by atoms with van der Waals surface area (Å²) in [5.41, 5.74) is 0. The monoisotopic (exact) mass is 1190 g/mol. The van der Waals surface area contributed by atoms with Gasteiger partial charge in [-0.1, -0.05) is 316 Å². The summed E-state index contributed by atoms with van der Waals surface area (Å²) >= 11 is 0. The normalized spacial score (nSPS) is 14.3. The van der Waals surface area contributed by atoms with Crippen LogP contribution in [0.3, 0.4) is 0 Å². The molecule has 0 aromatic heterocycles. The van der Waals surface area contributed by atoms with Crippen LogP contribution in [-0.2, 0) is 18.4 Å². The van der Waals surface area contributed by atoms with Crippen LogP contribution in [0.25, 0.3) is 0 Å². The minimum atomic E-state index is -4.37. The predicted molar refractivity (Wildman–Crippen MR) is 369 cm³/mol. The van der Waals surface area contributed by atoms with Crippen molar-refractivity contribution in [3.63, 3.8) is 0 Å². The summed E-state index contributed by atoms with van der Waals surface area (Å²) in [5.74, 6) is -0.189. The minimum absolute atomic E-state index is 0.0516. The standard InChI is InChI=1S/C75H135N2O6P/c1-6-8-10-12-14-16-18-20-22-24-26-28-29-30-31-32-33-34-35-36-37-38-39-40-41-42-43-44-45-46-47-49-51-53-55-57-59-61-63-65-67-69-75(79)76-73(72-83-84(80,81)82-71-70-77(3,4)5)74(78)68-66-64-62-60-58-56-54-52-50-48-27-25-23-21-19-17-15-13-11-9-7-2/h8,10,14,16,20,22,26,28,30-31,33-34,50,52,58,60,66,68,73-74,78H,6-7,9,11-13,15,17-19,21,23-25,27,29,32,35-49,51,53-57,59,61-65,67,69-72H2,1-5H3,(H-,76,79,80,81)/p+1/b10-8-,16-14-,22-20-,28-26-,31-30-,34-33-,52-50+,60-58+,68-66+. The van der Waals surface area contributed by atoms with Crippen molar-refractivity contribution < 1.29 is 32.9 Å². The van der Waals surface area contributed by atoms with Crippen molar-refractivity contribution in [2.24, 2.45) is 0 Å². The van der Waals surface area contributed by atoms with Gasteiger partial charge in [-0.15, -0.1) is 0 Å². The zero-order valence-corrected chi connectivity index (χ0v) is 56.5. The van der Waals surface area contributed by atoms with Crippen LogP contribution in [0.2, 0.25) is 0 Å². The van der Waals surface area contributed by atoms with Crippen LogP contribution < -0.4 is 5.32 Å². The van der Waals surface area contributed by atoms with Crippen LogP contribution in [0.15, 0.2) is 109 Å². The number of aliphatic hydroxyl groups excluding tert-OH is 1. The van der Waals surface area contributed by atoms with E-state index in [0.717, 1.165) is 83.5 Å². The molecule has 0 bridgehead atoms. The van der Waals surface area contributed by atoms with E-state index < -0.39 is 20.0 Å². The van der Waals surface area contributed by atoms with E-state index in [0.29, 0.717) is 17.4 Å². The van der Waals surface area contributed by atoms with Crippen molar-refractivity contribution in [3.05, 3.63) is 109 Å². The molecule has 0 aliphatic carbocycles. The molecule has 0 saturated heterocycles. The fraction of sp³-hybridized carbons (Fsp3) is 0.747. The van der Waals surface area contributed by atoms with Crippen LogP contribution in [0.4, 0.5) is 0 Å². The maximum absolute atomic E-state index is 13.0. The number of unbranched alkanes of at least 4 members (excludes halogenated alkanes) is 35. The van der Waals surface area contributed by atoms with E-state index in [9.17, 15) is 19.4 Å². The molecule has 3 N–H and O–H groups in total. The lowest BCUT2D eigenvalue weighted by atomic mass is 10.0. The molecule has 9 heteroatoms. The summed E-state index contributed by atoms with van der Waals surface area (Å²) < 4.78 is 23.8. The number of quaternary nitrogens is 1. The number of hydrogen-bond donors (Lipinski definition) is 3. The quantitative estimate of drug-likeness (QED) is 0.0243. The second kappa shape index (κ2) is 64.6. The molecule has 486 valence electrons. The van der Waals surface area contributed by atoms with E-state index in [1.807, 2.05) is 27.2 Å². The molecule has 0 aromatic rings. The van der Waals surface area contributed by atoms with Crippen molar-refractivity contribution in [1.82, 2.24) is 5.32 Å². The number of phosphoric ester groups is 1. The third-order valence-electron chi connectivity index (χ3n) is 15.5. The minimum Gasteiger partial charge on any atom is -0.387 e. The van der Waals surface area contributed by atoms with Crippen LogP contribution in [0.1, 0.15) is 309 Å². The molecular formula is C75H136N2O6P+. The molecular weight excluding hydrogens is 1060 g/mol. The molecule has 0 heterocycles. The Kier molecular flexibility index (Phi) is 62.4. The van der Waals surface area contributed by atoms with Gasteiger partial charge in [0.1, 0.15) is 13.2 Å². The zero-order chi connectivity index (χ0) is 61.2. The Hall–Kier alpha value is -2.84. The lowest BCUT2D eigenvalue weighted by Crippen LogP contribution is -2.45. The van der Waals surface area contributed by atoms with Gasteiger partial charge in [-0.3, -0.25) is 13.8 Å². The fourth-order valence-electron chi connectivity index (χ4n) is 10.0. The van der Waals surface area contributed by atoms with Gasteiger partial charge in [-0.2, -0.15) is 0 Å². The van der Waals surface area contributed by atoms with E-state index >= 15 is 0 Å². The van der Waals surface area contributed by atoms with Crippen LogP contribution >= 0.6 is 7.82 Å². The maximum atomic E-state index is 13.0. The largest absolute Gasteiger partial charge is 0.472 e. The van der Waals surface area contributed by atoms with Gasteiger partial charge in [-0.25, -0.2) is 4.57 Å². The SMILES string of the molecule is CC/C=C\C/C=C\C/C=C\C/C=C\C/C=C\C/C=C\CCCCCCCCCCCCCCCCCCCCCCCCC(=O)NC(COP(=O)(O)OCC[N+](C)(C)C)C(O)/C=C/CC/C=C/CC/C=C/CCCCCCCCCCCCC. The Morgan fingerprint density at radius 1 is 0.417 bits per heavy atom. The molecule has 0 rings (SSSR count). The molecule has 3 atom stereocenters. The Morgan fingerprint density at radius 2 is 0.726 bits per heavy atom. The summed E-state index contributed by atoms with van der Waals surface area (Å²) in [6.45, 7) is 4.69. The van der Waals surface area contributed by atoms with Gasteiger partial charge in [0.05, 0.1) is 39.9 Å². The van der Waals surface area contributed by atoms with E-state index in [1.165, 1.54) is 205 Å². The fourth-order valence-corrected chi connectivity index (χ4v) is 10.8. The number of nitrogens with zero attached hydrogens (tertiary/aromatic N) is 1. The van der Waals surface area contributed by atoms with Gasteiger partial charge in [0.15, 0.2) is 0 Å². The molecule has 8 nitrogen and oxygen atoms in total. The highest BCUT2D eigenvalue weighted by atomic mass is 31.2. The molecule has 0 aliphatic heterocycles. The summed E-state index contributed by atoms with van der Waals surface area (Å²) in [6, 6.07) is -0.874. The van der Waals surface area contributed by atoms with Gasteiger partial charge in [0.2, 0.25) is 5.91 Å². The highest BCUT2D eigenvalue weighted by molar-refractivity contribution is 7.47. The maximum Gasteiger partial charge on any atom is 0.472 e. The van der Waals surface area contributed by atoms with Gasteiger partial charge >= 0.3 is 7.82 Å². The van der Waals surface area contributed by atoms with Gasteiger partial charge in [-0.05, 0) is 96.3 Å². The average molecular weight is 1190 g/mol. The molecule has 84 heavy (non-hydrogen) atoms. The highest BCUT2D eigenvalue weighted by Crippen LogP contribution is 2.43. The number of nitrogens with one attached hydrogen (secondary N) is 1. The molecule has 0 fully saturated rings. The summed E-state index contributed by atoms with van der Waals surface area (Å²) in [4.78, 5) is 23.4. The number of allylic oxidation sites excluding steroid dienone is 17. The molecule has 1 amide bonds.